The lowest BCUT2D eigenvalue weighted by molar-refractivity contribution is -0.127. The van der Waals surface area contributed by atoms with Gasteiger partial charge in [0.15, 0.2) is 0 Å². The summed E-state index contributed by atoms with van der Waals surface area (Å²) in [6, 6.07) is 6.91. The molecule has 1 aromatic carbocycles. The molecule has 1 rings (SSSR count). The smallest absolute Gasteiger partial charge is 0.219 e. The lowest BCUT2D eigenvalue weighted by Gasteiger charge is -2.15. The van der Waals surface area contributed by atoms with Gasteiger partial charge in [-0.1, -0.05) is 12.1 Å². The highest BCUT2D eigenvalue weighted by Gasteiger charge is 2.02. The van der Waals surface area contributed by atoms with Crippen molar-refractivity contribution in [3.8, 4) is 5.75 Å². The van der Waals surface area contributed by atoms with E-state index in [1.54, 1.807) is 36.2 Å². The van der Waals surface area contributed by atoms with Crippen LogP contribution < -0.4 is 4.74 Å². The second-order valence-corrected chi connectivity index (χ2v) is 3.48. The maximum Gasteiger partial charge on any atom is 0.219 e. The van der Waals surface area contributed by atoms with Crippen LogP contribution in [0.1, 0.15) is 17.3 Å². The van der Waals surface area contributed by atoms with Crippen LogP contribution in [0.3, 0.4) is 0 Å². The zero-order valence-corrected chi connectivity index (χ0v) is 9.47. The molecule has 4 heteroatoms. The number of carbonyl (C=O) groups excluding carboxylic acids is 2. The molecule has 0 unspecified atom stereocenters. The van der Waals surface area contributed by atoms with E-state index in [0.717, 1.165) is 6.29 Å². The van der Waals surface area contributed by atoms with Crippen LogP contribution in [-0.2, 0) is 4.79 Å². The van der Waals surface area contributed by atoms with Gasteiger partial charge in [0.25, 0.3) is 0 Å². The average Bonchev–Trinajstić information content (AvgIpc) is 2.29. The summed E-state index contributed by atoms with van der Waals surface area (Å²) < 4.78 is 5.42. The van der Waals surface area contributed by atoms with Gasteiger partial charge in [-0.2, -0.15) is 0 Å². The Morgan fingerprint density at radius 2 is 2.25 bits per heavy atom. The van der Waals surface area contributed by atoms with Crippen molar-refractivity contribution in [2.75, 3.05) is 20.2 Å². The number of benzene rings is 1. The lowest BCUT2D eigenvalue weighted by atomic mass is 10.2. The van der Waals surface area contributed by atoms with E-state index in [9.17, 15) is 9.59 Å². The van der Waals surface area contributed by atoms with Crippen molar-refractivity contribution in [2.24, 2.45) is 0 Å². The molecular formula is C12H15NO3. The number of carbonyl (C=O) groups is 2. The van der Waals surface area contributed by atoms with Gasteiger partial charge in [-0.05, 0) is 12.1 Å². The molecule has 1 amide bonds. The van der Waals surface area contributed by atoms with E-state index < -0.39 is 0 Å². The van der Waals surface area contributed by atoms with E-state index in [1.807, 2.05) is 0 Å². The van der Waals surface area contributed by atoms with Gasteiger partial charge < -0.3 is 9.64 Å². The van der Waals surface area contributed by atoms with Gasteiger partial charge in [0.2, 0.25) is 5.91 Å². The third-order valence-corrected chi connectivity index (χ3v) is 2.23. The average molecular weight is 221 g/mol. The Morgan fingerprint density at radius 1 is 1.50 bits per heavy atom. The van der Waals surface area contributed by atoms with Gasteiger partial charge in [-0.25, -0.2) is 0 Å². The van der Waals surface area contributed by atoms with Crippen LogP contribution in [0.4, 0.5) is 0 Å². The fourth-order valence-corrected chi connectivity index (χ4v) is 1.14. The van der Waals surface area contributed by atoms with Gasteiger partial charge in [-0.3, -0.25) is 9.59 Å². The first kappa shape index (κ1) is 12.2. The first-order valence-electron chi connectivity index (χ1n) is 5.03. The molecule has 0 radical (unpaired) electrons. The highest BCUT2D eigenvalue weighted by Crippen LogP contribution is 2.11. The van der Waals surface area contributed by atoms with Crippen LogP contribution in [0.25, 0.3) is 0 Å². The molecule has 0 aliphatic heterocycles. The van der Waals surface area contributed by atoms with Crippen LogP contribution in [0.2, 0.25) is 0 Å². The maximum atomic E-state index is 10.9. The summed E-state index contributed by atoms with van der Waals surface area (Å²) in [5, 5.41) is 0. The second-order valence-electron chi connectivity index (χ2n) is 3.48. The Labute approximate surface area is 94.8 Å². The number of likely N-dealkylation sites (N-methyl/N-ethyl adjacent to an activating group) is 1. The van der Waals surface area contributed by atoms with E-state index in [2.05, 4.69) is 0 Å². The first-order chi connectivity index (χ1) is 7.63. The first-order valence-corrected chi connectivity index (χ1v) is 5.03. The highest BCUT2D eigenvalue weighted by molar-refractivity contribution is 5.75. The highest BCUT2D eigenvalue weighted by atomic mass is 16.5. The number of aldehydes is 1. The van der Waals surface area contributed by atoms with Crippen LogP contribution in [-0.4, -0.2) is 37.3 Å². The van der Waals surface area contributed by atoms with Gasteiger partial charge in [0.05, 0.1) is 6.54 Å². The molecule has 0 bridgehead atoms. The minimum Gasteiger partial charge on any atom is -0.492 e. The molecular weight excluding hydrogens is 206 g/mol. The normalized spacial score (nSPS) is 9.62. The molecule has 0 aromatic heterocycles. The second kappa shape index (κ2) is 5.90. The molecule has 0 aliphatic carbocycles. The molecule has 0 spiro atoms. The molecule has 0 saturated carbocycles. The van der Waals surface area contributed by atoms with E-state index >= 15 is 0 Å². The summed E-state index contributed by atoms with van der Waals surface area (Å²) in [7, 11) is 1.72. The van der Waals surface area contributed by atoms with Gasteiger partial charge in [0.1, 0.15) is 18.6 Å². The molecule has 4 nitrogen and oxygen atoms in total. The summed E-state index contributed by atoms with van der Waals surface area (Å²) in [5.74, 6) is 0.645. The fraction of sp³-hybridized carbons (Fsp3) is 0.333. The quantitative estimate of drug-likeness (QED) is 0.705. The maximum absolute atomic E-state index is 10.9. The molecule has 0 N–H and O–H groups in total. The Bertz CT molecular complexity index is 376. The predicted molar refractivity (Wildman–Crippen MR) is 60.6 cm³/mol. The van der Waals surface area contributed by atoms with Crippen LogP contribution in [0, 0.1) is 0 Å². The standard InChI is InChI=1S/C12H15NO3/c1-10(15)13(2)6-7-16-12-5-3-4-11(8-12)9-14/h3-5,8-9H,6-7H2,1-2H3. The zero-order valence-electron chi connectivity index (χ0n) is 9.47. The predicted octanol–water partition coefficient (Wildman–Crippen LogP) is 1.36. The molecule has 0 atom stereocenters. The van der Waals surface area contributed by atoms with Crippen LogP contribution >= 0.6 is 0 Å². The monoisotopic (exact) mass is 221 g/mol. The molecule has 0 saturated heterocycles. The molecule has 0 aliphatic rings. The number of hydrogen-bond acceptors (Lipinski definition) is 3. The Hall–Kier alpha value is -1.84. The van der Waals surface area contributed by atoms with Crippen molar-refractivity contribution in [1.29, 1.82) is 0 Å². The number of nitrogens with zero attached hydrogens (tertiary/aromatic N) is 1. The molecule has 1 aromatic rings. The molecule has 16 heavy (non-hydrogen) atoms. The van der Waals surface area contributed by atoms with Gasteiger partial charge in [-0.15, -0.1) is 0 Å². The summed E-state index contributed by atoms with van der Waals surface area (Å²) in [6.07, 6.45) is 0.772. The molecule has 0 heterocycles. The minimum atomic E-state index is 0.00485. The summed E-state index contributed by atoms with van der Waals surface area (Å²) >= 11 is 0. The van der Waals surface area contributed by atoms with E-state index in [4.69, 9.17) is 4.74 Å². The third kappa shape index (κ3) is 3.73. The van der Waals surface area contributed by atoms with Crippen molar-refractivity contribution in [1.82, 2.24) is 4.90 Å². The van der Waals surface area contributed by atoms with Crippen LogP contribution in [0.15, 0.2) is 24.3 Å². The van der Waals surface area contributed by atoms with E-state index in [0.29, 0.717) is 24.5 Å². The topological polar surface area (TPSA) is 46.6 Å². The minimum absolute atomic E-state index is 0.00485. The summed E-state index contributed by atoms with van der Waals surface area (Å²) in [4.78, 5) is 23.0. The van der Waals surface area contributed by atoms with E-state index in [1.165, 1.54) is 6.92 Å². The van der Waals surface area contributed by atoms with Gasteiger partial charge in [0, 0.05) is 19.5 Å². The number of hydrogen-bond donors (Lipinski definition) is 0. The molecule has 0 fully saturated rings. The SMILES string of the molecule is CC(=O)N(C)CCOc1cccc(C=O)c1. The van der Waals surface area contributed by atoms with Crippen molar-refractivity contribution in [3.63, 3.8) is 0 Å². The number of ether oxygens (including phenoxy) is 1. The van der Waals surface area contributed by atoms with Crippen molar-refractivity contribution in [2.45, 2.75) is 6.92 Å². The fourth-order valence-electron chi connectivity index (χ4n) is 1.14. The van der Waals surface area contributed by atoms with Gasteiger partial charge >= 0.3 is 0 Å². The Balaban J connectivity index is 2.42. The van der Waals surface area contributed by atoms with Crippen molar-refractivity contribution >= 4 is 12.2 Å². The van der Waals surface area contributed by atoms with Crippen molar-refractivity contribution in [3.05, 3.63) is 29.8 Å². The third-order valence-electron chi connectivity index (χ3n) is 2.23. The largest absolute Gasteiger partial charge is 0.492 e. The van der Waals surface area contributed by atoms with Crippen molar-refractivity contribution < 1.29 is 14.3 Å². The summed E-state index contributed by atoms with van der Waals surface area (Å²) in [6.45, 7) is 2.45. The van der Waals surface area contributed by atoms with Crippen LogP contribution in [0.5, 0.6) is 5.75 Å². The number of amides is 1. The van der Waals surface area contributed by atoms with E-state index in [-0.39, 0.29) is 5.91 Å². The number of rotatable bonds is 5. The lowest BCUT2D eigenvalue weighted by Crippen LogP contribution is -2.28. The Morgan fingerprint density at radius 3 is 2.88 bits per heavy atom. The summed E-state index contributed by atoms with van der Waals surface area (Å²) in [5.41, 5.74) is 0.581. The molecule has 86 valence electrons. The Kier molecular flexibility index (Phi) is 4.51. The zero-order chi connectivity index (χ0) is 12.0.